The summed E-state index contributed by atoms with van der Waals surface area (Å²) in [6.45, 7) is 4.68. The Hall–Kier alpha value is -1.59. The fourth-order valence-corrected chi connectivity index (χ4v) is 2.49. The van der Waals surface area contributed by atoms with Crippen LogP contribution in [0.3, 0.4) is 0 Å². The van der Waals surface area contributed by atoms with E-state index in [1.54, 1.807) is 29.3 Å². The maximum atomic E-state index is 12.2. The van der Waals surface area contributed by atoms with Gasteiger partial charge in [0.15, 0.2) is 0 Å². The van der Waals surface area contributed by atoms with Crippen molar-refractivity contribution in [3.05, 3.63) is 46.2 Å². The van der Waals surface area contributed by atoms with E-state index in [2.05, 4.69) is 29.4 Å². The Morgan fingerprint density at radius 3 is 2.52 bits per heavy atom. The summed E-state index contributed by atoms with van der Waals surface area (Å²) in [7, 11) is 0. The first kappa shape index (κ1) is 17.8. The van der Waals surface area contributed by atoms with Crippen LogP contribution in [0.2, 0.25) is 10.0 Å². The average molecular weight is 355 g/mol. The van der Waals surface area contributed by atoms with E-state index in [4.69, 9.17) is 23.2 Å². The van der Waals surface area contributed by atoms with Crippen LogP contribution in [0.5, 0.6) is 0 Å². The number of aromatic nitrogens is 3. The van der Waals surface area contributed by atoms with Crippen molar-refractivity contribution in [2.45, 2.75) is 39.3 Å². The highest BCUT2D eigenvalue weighted by atomic mass is 35.5. The Balaban J connectivity index is 1.87. The molecule has 23 heavy (non-hydrogen) atoms. The molecule has 5 nitrogen and oxygen atoms in total. The van der Waals surface area contributed by atoms with Gasteiger partial charge in [-0.15, -0.1) is 0 Å². The van der Waals surface area contributed by atoms with Gasteiger partial charge in [-0.2, -0.15) is 15.0 Å². The number of halogens is 2. The van der Waals surface area contributed by atoms with Crippen LogP contribution in [-0.4, -0.2) is 26.9 Å². The third-order valence-corrected chi connectivity index (χ3v) is 4.34. The third kappa shape index (κ3) is 5.52. The van der Waals surface area contributed by atoms with Gasteiger partial charge in [0.1, 0.15) is 0 Å². The van der Waals surface area contributed by atoms with E-state index in [0.717, 1.165) is 5.56 Å². The molecule has 0 radical (unpaired) electrons. The Labute approximate surface area is 146 Å². The normalized spacial score (nSPS) is 12.4. The average Bonchev–Trinajstić information content (AvgIpc) is 3.01. The lowest BCUT2D eigenvalue weighted by Gasteiger charge is -2.21. The quantitative estimate of drug-likeness (QED) is 0.829. The minimum atomic E-state index is -0.0105. The van der Waals surface area contributed by atoms with E-state index in [0.29, 0.717) is 29.4 Å². The van der Waals surface area contributed by atoms with Gasteiger partial charge in [-0.25, -0.2) is 0 Å². The molecule has 2 rings (SSSR count). The van der Waals surface area contributed by atoms with Gasteiger partial charge in [-0.1, -0.05) is 43.1 Å². The molecule has 2 aromatic rings. The minimum absolute atomic E-state index is 0.00179. The molecule has 0 spiro atoms. The molecular formula is C16H20Cl2N4O. The zero-order valence-electron chi connectivity index (χ0n) is 13.2. The highest BCUT2D eigenvalue weighted by Crippen LogP contribution is 2.23. The Morgan fingerprint density at radius 2 is 1.91 bits per heavy atom. The van der Waals surface area contributed by atoms with E-state index < -0.39 is 0 Å². The fraction of sp³-hybridized carbons (Fsp3) is 0.438. The Morgan fingerprint density at radius 1 is 1.22 bits per heavy atom. The van der Waals surface area contributed by atoms with Gasteiger partial charge in [0.05, 0.1) is 35.0 Å². The molecule has 1 aromatic carbocycles. The van der Waals surface area contributed by atoms with Gasteiger partial charge in [-0.3, -0.25) is 4.79 Å². The molecule has 1 unspecified atom stereocenters. The first-order valence-corrected chi connectivity index (χ1v) is 8.28. The van der Waals surface area contributed by atoms with Crippen LogP contribution in [-0.2, 0) is 17.8 Å². The monoisotopic (exact) mass is 354 g/mol. The summed E-state index contributed by atoms with van der Waals surface area (Å²) in [5.74, 6) is 0.289. The second-order valence-corrected chi connectivity index (χ2v) is 6.56. The van der Waals surface area contributed by atoms with Gasteiger partial charge >= 0.3 is 0 Å². The number of nitrogens with one attached hydrogen (secondary N) is 1. The minimum Gasteiger partial charge on any atom is -0.351 e. The molecule has 0 aliphatic rings. The van der Waals surface area contributed by atoms with E-state index >= 15 is 0 Å². The summed E-state index contributed by atoms with van der Waals surface area (Å²) in [4.78, 5) is 13.8. The van der Waals surface area contributed by atoms with Crippen LogP contribution in [0.1, 0.15) is 25.8 Å². The predicted octanol–water partition coefficient (Wildman–Crippen LogP) is 3.36. The molecule has 124 valence electrons. The highest BCUT2D eigenvalue weighted by Gasteiger charge is 2.17. The number of nitrogens with zero attached hydrogens (tertiary/aromatic N) is 3. The van der Waals surface area contributed by atoms with Crippen molar-refractivity contribution < 1.29 is 4.79 Å². The number of aryl methyl sites for hydroxylation is 1. The van der Waals surface area contributed by atoms with Crippen LogP contribution < -0.4 is 5.32 Å². The van der Waals surface area contributed by atoms with E-state index in [1.165, 1.54) is 0 Å². The van der Waals surface area contributed by atoms with Gasteiger partial charge < -0.3 is 5.32 Å². The summed E-state index contributed by atoms with van der Waals surface area (Å²) in [6, 6.07) is 5.42. The third-order valence-electron chi connectivity index (χ3n) is 3.60. The zero-order chi connectivity index (χ0) is 16.8. The van der Waals surface area contributed by atoms with E-state index in [1.807, 2.05) is 6.07 Å². The van der Waals surface area contributed by atoms with Gasteiger partial charge in [0.25, 0.3) is 0 Å². The summed E-state index contributed by atoms with van der Waals surface area (Å²) in [5, 5.41) is 12.2. The molecule has 0 fully saturated rings. The van der Waals surface area contributed by atoms with Crippen molar-refractivity contribution in [3.8, 4) is 0 Å². The summed E-state index contributed by atoms with van der Waals surface area (Å²) in [5.41, 5.74) is 0.990. The molecule has 0 saturated heterocycles. The van der Waals surface area contributed by atoms with Crippen molar-refractivity contribution in [2.75, 3.05) is 0 Å². The SMILES string of the molecule is CC(C)C(Cn1nccn1)NC(=O)CCc1ccc(Cl)c(Cl)c1. The molecule has 0 bridgehead atoms. The number of carbonyl (C=O) groups excluding carboxylic acids is 1. The van der Waals surface area contributed by atoms with Crippen LogP contribution in [0.25, 0.3) is 0 Å². The maximum absolute atomic E-state index is 12.2. The molecule has 1 atom stereocenters. The number of rotatable bonds is 7. The van der Waals surface area contributed by atoms with Gasteiger partial charge in [0, 0.05) is 6.42 Å². The lowest BCUT2D eigenvalue weighted by Crippen LogP contribution is -2.42. The second-order valence-electron chi connectivity index (χ2n) is 5.75. The lowest BCUT2D eigenvalue weighted by molar-refractivity contribution is -0.122. The highest BCUT2D eigenvalue weighted by molar-refractivity contribution is 6.42. The molecule has 1 aromatic heterocycles. The molecular weight excluding hydrogens is 335 g/mol. The number of hydrogen-bond acceptors (Lipinski definition) is 3. The molecule has 0 saturated carbocycles. The first-order valence-electron chi connectivity index (χ1n) is 7.53. The smallest absolute Gasteiger partial charge is 0.220 e. The van der Waals surface area contributed by atoms with Gasteiger partial charge in [-0.05, 0) is 30.0 Å². The van der Waals surface area contributed by atoms with Crippen molar-refractivity contribution in [1.82, 2.24) is 20.3 Å². The molecule has 7 heteroatoms. The topological polar surface area (TPSA) is 59.8 Å². The van der Waals surface area contributed by atoms with Crippen LogP contribution >= 0.6 is 23.2 Å². The zero-order valence-corrected chi connectivity index (χ0v) is 14.7. The number of hydrogen-bond donors (Lipinski definition) is 1. The van der Waals surface area contributed by atoms with E-state index in [-0.39, 0.29) is 17.9 Å². The fourth-order valence-electron chi connectivity index (χ4n) is 2.17. The largest absolute Gasteiger partial charge is 0.351 e. The Kier molecular flexibility index (Phi) is 6.42. The van der Waals surface area contributed by atoms with Crippen molar-refractivity contribution >= 4 is 29.1 Å². The summed E-state index contributed by atoms with van der Waals surface area (Å²) >= 11 is 11.9. The first-order chi connectivity index (χ1) is 11.0. The van der Waals surface area contributed by atoms with Gasteiger partial charge in [0.2, 0.25) is 5.91 Å². The molecule has 0 aliphatic carbocycles. The molecule has 0 aliphatic heterocycles. The summed E-state index contributed by atoms with van der Waals surface area (Å²) in [6.07, 6.45) is 4.27. The van der Waals surface area contributed by atoms with Crippen LogP contribution in [0.4, 0.5) is 0 Å². The number of carbonyl (C=O) groups is 1. The second kappa shape index (κ2) is 8.31. The number of amides is 1. The predicted molar refractivity (Wildman–Crippen MR) is 91.6 cm³/mol. The van der Waals surface area contributed by atoms with Crippen LogP contribution in [0.15, 0.2) is 30.6 Å². The van der Waals surface area contributed by atoms with Crippen LogP contribution in [0, 0.1) is 5.92 Å². The standard InChI is InChI=1S/C16H20Cl2N4O/c1-11(2)15(10-22-19-7-8-20-22)21-16(23)6-4-12-3-5-13(17)14(18)9-12/h3,5,7-9,11,15H,4,6,10H2,1-2H3,(H,21,23). The van der Waals surface area contributed by atoms with Crippen molar-refractivity contribution in [1.29, 1.82) is 0 Å². The molecule has 1 N–H and O–H groups in total. The van der Waals surface area contributed by atoms with E-state index in [9.17, 15) is 4.79 Å². The van der Waals surface area contributed by atoms with Crippen molar-refractivity contribution in [3.63, 3.8) is 0 Å². The molecule has 1 heterocycles. The Bertz CT molecular complexity index is 644. The summed E-state index contributed by atoms with van der Waals surface area (Å²) < 4.78 is 0. The number of benzene rings is 1. The maximum Gasteiger partial charge on any atom is 0.220 e. The molecule has 1 amide bonds. The van der Waals surface area contributed by atoms with Crippen molar-refractivity contribution in [2.24, 2.45) is 5.92 Å². The lowest BCUT2D eigenvalue weighted by atomic mass is 10.0.